The van der Waals surface area contributed by atoms with Crippen LogP contribution in [-0.2, 0) is 11.2 Å². The molecule has 0 fully saturated rings. The molecule has 0 amide bonds. The summed E-state index contributed by atoms with van der Waals surface area (Å²) in [5.41, 5.74) is 1.13. The molecule has 0 saturated carbocycles. The van der Waals surface area contributed by atoms with E-state index in [0.717, 1.165) is 18.7 Å². The van der Waals surface area contributed by atoms with Crippen LogP contribution >= 0.6 is 0 Å². The first-order valence-electron chi connectivity index (χ1n) is 4.40. The topological polar surface area (TPSA) is 25.4 Å². The summed E-state index contributed by atoms with van der Waals surface area (Å²) in [6.07, 6.45) is 2.80. The molecule has 0 N–H and O–H groups in total. The van der Waals surface area contributed by atoms with E-state index in [2.05, 4.69) is 9.88 Å². The fraction of sp³-hybridized carbons (Fsp3) is 0.500. The summed E-state index contributed by atoms with van der Waals surface area (Å²) in [5.74, 6) is 0. The summed E-state index contributed by atoms with van der Waals surface area (Å²) in [7, 11) is 3.74. The van der Waals surface area contributed by atoms with Gasteiger partial charge in [0.2, 0.25) is 0 Å². The van der Waals surface area contributed by atoms with E-state index in [9.17, 15) is 0 Å². The molecule has 1 aromatic heterocycles. The monoisotopic (exact) mass is 180 g/mol. The molecule has 0 atom stereocenters. The van der Waals surface area contributed by atoms with Crippen LogP contribution in [0.1, 0.15) is 5.69 Å². The Labute approximate surface area is 79.3 Å². The maximum Gasteiger partial charge on any atom is 0.0984 e. The first-order valence-corrected chi connectivity index (χ1v) is 4.40. The molecule has 0 spiro atoms. The summed E-state index contributed by atoms with van der Waals surface area (Å²) >= 11 is 0. The summed E-state index contributed by atoms with van der Waals surface area (Å²) < 4.78 is 5.00. The lowest BCUT2D eigenvalue weighted by molar-refractivity contribution is 0.0825. The van der Waals surface area contributed by atoms with Crippen LogP contribution in [0.2, 0.25) is 0 Å². The number of methoxy groups -OCH3 is 1. The molecule has 72 valence electrons. The van der Waals surface area contributed by atoms with Crippen LogP contribution < -0.4 is 0 Å². The molecule has 1 heterocycles. The van der Waals surface area contributed by atoms with Gasteiger partial charge < -0.3 is 4.74 Å². The molecule has 0 saturated heterocycles. The van der Waals surface area contributed by atoms with Crippen molar-refractivity contribution in [1.82, 2.24) is 9.88 Å². The highest BCUT2D eigenvalue weighted by Crippen LogP contribution is 1.95. The zero-order valence-corrected chi connectivity index (χ0v) is 8.23. The first kappa shape index (κ1) is 10.2. The Morgan fingerprint density at radius 2 is 2.31 bits per heavy atom. The quantitative estimate of drug-likeness (QED) is 0.636. The van der Waals surface area contributed by atoms with Gasteiger partial charge >= 0.3 is 0 Å². The van der Waals surface area contributed by atoms with Crippen LogP contribution in [0.5, 0.6) is 0 Å². The second-order valence-corrected chi connectivity index (χ2v) is 3.07. The van der Waals surface area contributed by atoms with Gasteiger partial charge in [0.05, 0.1) is 6.73 Å². The summed E-state index contributed by atoms with van der Waals surface area (Å²) in [4.78, 5) is 6.36. The van der Waals surface area contributed by atoms with Crippen LogP contribution in [0.15, 0.2) is 24.4 Å². The molecule has 0 aliphatic heterocycles. The van der Waals surface area contributed by atoms with Gasteiger partial charge in [-0.2, -0.15) is 0 Å². The SMILES string of the molecule is COCN(C)CCc1ccccn1. The molecule has 0 aliphatic carbocycles. The maximum atomic E-state index is 5.00. The number of hydrogen-bond acceptors (Lipinski definition) is 3. The lowest BCUT2D eigenvalue weighted by Gasteiger charge is -2.14. The van der Waals surface area contributed by atoms with E-state index >= 15 is 0 Å². The molecule has 1 aromatic rings. The van der Waals surface area contributed by atoms with Gasteiger partial charge in [-0.3, -0.25) is 9.88 Å². The van der Waals surface area contributed by atoms with Crippen molar-refractivity contribution in [3.63, 3.8) is 0 Å². The van der Waals surface area contributed by atoms with E-state index in [1.807, 2.05) is 31.4 Å². The van der Waals surface area contributed by atoms with Crippen molar-refractivity contribution in [1.29, 1.82) is 0 Å². The van der Waals surface area contributed by atoms with Crippen LogP contribution in [0.4, 0.5) is 0 Å². The standard InChI is InChI=1S/C10H16N2O/c1-12(9-13-2)8-6-10-5-3-4-7-11-10/h3-5,7H,6,8-9H2,1-2H3. The lowest BCUT2D eigenvalue weighted by Crippen LogP contribution is -2.23. The van der Waals surface area contributed by atoms with E-state index in [1.165, 1.54) is 0 Å². The Morgan fingerprint density at radius 3 is 2.92 bits per heavy atom. The average molecular weight is 180 g/mol. The zero-order chi connectivity index (χ0) is 9.52. The van der Waals surface area contributed by atoms with Crippen LogP contribution in [-0.4, -0.2) is 37.3 Å². The molecular weight excluding hydrogens is 164 g/mol. The van der Waals surface area contributed by atoms with E-state index in [1.54, 1.807) is 7.11 Å². The minimum absolute atomic E-state index is 0.673. The number of nitrogens with zero attached hydrogens (tertiary/aromatic N) is 2. The van der Waals surface area contributed by atoms with Gasteiger partial charge in [-0.25, -0.2) is 0 Å². The van der Waals surface area contributed by atoms with Crippen molar-refractivity contribution in [2.24, 2.45) is 0 Å². The highest BCUT2D eigenvalue weighted by atomic mass is 16.5. The third-order valence-corrected chi connectivity index (χ3v) is 1.83. The third kappa shape index (κ3) is 4.01. The third-order valence-electron chi connectivity index (χ3n) is 1.83. The summed E-state index contributed by atoms with van der Waals surface area (Å²) in [6, 6.07) is 5.99. The Hall–Kier alpha value is -0.930. The largest absolute Gasteiger partial charge is 0.369 e. The molecule has 1 rings (SSSR count). The molecule has 3 nitrogen and oxygen atoms in total. The van der Waals surface area contributed by atoms with Gasteiger partial charge in [0.15, 0.2) is 0 Å². The predicted molar refractivity (Wildman–Crippen MR) is 52.4 cm³/mol. The van der Waals surface area contributed by atoms with E-state index < -0.39 is 0 Å². The first-order chi connectivity index (χ1) is 6.33. The fourth-order valence-corrected chi connectivity index (χ4v) is 1.14. The fourth-order valence-electron chi connectivity index (χ4n) is 1.14. The second-order valence-electron chi connectivity index (χ2n) is 3.07. The van der Waals surface area contributed by atoms with Crippen LogP contribution in [0.25, 0.3) is 0 Å². The van der Waals surface area contributed by atoms with Crippen molar-refractivity contribution < 1.29 is 4.74 Å². The van der Waals surface area contributed by atoms with Crippen molar-refractivity contribution in [2.45, 2.75) is 6.42 Å². The van der Waals surface area contributed by atoms with Crippen molar-refractivity contribution in [2.75, 3.05) is 27.4 Å². The molecule has 3 heteroatoms. The maximum absolute atomic E-state index is 5.00. The van der Waals surface area contributed by atoms with Crippen molar-refractivity contribution in [3.8, 4) is 0 Å². The normalized spacial score (nSPS) is 10.7. The minimum Gasteiger partial charge on any atom is -0.369 e. The Morgan fingerprint density at radius 1 is 1.46 bits per heavy atom. The summed E-state index contributed by atoms with van der Waals surface area (Å²) in [6.45, 7) is 1.65. The van der Waals surface area contributed by atoms with Gasteiger partial charge in [0.25, 0.3) is 0 Å². The molecule has 0 radical (unpaired) electrons. The molecule has 13 heavy (non-hydrogen) atoms. The molecule has 0 unspecified atom stereocenters. The second kappa shape index (κ2) is 5.67. The van der Waals surface area contributed by atoms with Crippen molar-refractivity contribution in [3.05, 3.63) is 30.1 Å². The number of aromatic nitrogens is 1. The lowest BCUT2D eigenvalue weighted by atomic mass is 10.2. The van der Waals surface area contributed by atoms with Gasteiger partial charge in [-0.15, -0.1) is 0 Å². The van der Waals surface area contributed by atoms with Gasteiger partial charge in [-0.05, 0) is 19.2 Å². The molecule has 0 aromatic carbocycles. The summed E-state index contributed by atoms with van der Waals surface area (Å²) in [5, 5.41) is 0. The minimum atomic E-state index is 0.673. The highest BCUT2D eigenvalue weighted by Gasteiger charge is 1.97. The number of pyridine rings is 1. The Kier molecular flexibility index (Phi) is 4.43. The number of ether oxygens (including phenoxy) is 1. The Balaban J connectivity index is 2.27. The van der Waals surface area contributed by atoms with E-state index in [4.69, 9.17) is 4.74 Å². The molecular formula is C10H16N2O. The van der Waals surface area contributed by atoms with Gasteiger partial charge in [0.1, 0.15) is 0 Å². The van der Waals surface area contributed by atoms with Crippen LogP contribution in [0, 0.1) is 0 Å². The number of hydrogen-bond donors (Lipinski definition) is 0. The Bertz CT molecular complexity index is 226. The highest BCUT2D eigenvalue weighted by molar-refractivity contribution is 5.03. The van der Waals surface area contributed by atoms with E-state index in [0.29, 0.717) is 6.73 Å². The molecule has 0 aliphatic rings. The van der Waals surface area contributed by atoms with Gasteiger partial charge in [0, 0.05) is 32.0 Å². The zero-order valence-electron chi connectivity index (χ0n) is 8.23. The number of rotatable bonds is 5. The average Bonchev–Trinajstić information content (AvgIpc) is 2.17. The number of likely N-dealkylation sites (N-methyl/N-ethyl adjacent to an activating group) is 1. The predicted octanol–water partition coefficient (Wildman–Crippen LogP) is 1.16. The smallest absolute Gasteiger partial charge is 0.0984 e. The van der Waals surface area contributed by atoms with Crippen LogP contribution in [0.3, 0.4) is 0 Å². The van der Waals surface area contributed by atoms with E-state index in [-0.39, 0.29) is 0 Å². The van der Waals surface area contributed by atoms with Gasteiger partial charge in [-0.1, -0.05) is 6.07 Å². The molecule has 0 bridgehead atoms. The van der Waals surface area contributed by atoms with Crippen molar-refractivity contribution >= 4 is 0 Å².